The molecule has 2 heterocycles. The molecule has 0 fully saturated rings. The van der Waals surface area contributed by atoms with E-state index in [0.717, 1.165) is 10.9 Å². The van der Waals surface area contributed by atoms with Crippen LogP contribution in [0.2, 0.25) is 0 Å². The Kier molecular flexibility index (Phi) is 4.83. The van der Waals surface area contributed by atoms with E-state index in [0.29, 0.717) is 34.5 Å². The van der Waals surface area contributed by atoms with Gasteiger partial charge in [-0.15, -0.1) is 0 Å². The fourth-order valence-electron chi connectivity index (χ4n) is 3.66. The molecule has 0 N–H and O–H groups in total. The van der Waals surface area contributed by atoms with Gasteiger partial charge in [-0.3, -0.25) is 0 Å². The van der Waals surface area contributed by atoms with Gasteiger partial charge in [-0.25, -0.2) is 9.07 Å². The van der Waals surface area contributed by atoms with Crippen LogP contribution >= 0.6 is 15.9 Å². The van der Waals surface area contributed by atoms with E-state index in [-0.39, 0.29) is 5.82 Å². The molecule has 0 spiro atoms. The van der Waals surface area contributed by atoms with Crippen LogP contribution in [-0.4, -0.2) is 36.4 Å². The van der Waals surface area contributed by atoms with Crippen molar-refractivity contribution >= 4 is 26.8 Å². The van der Waals surface area contributed by atoms with Crippen LogP contribution in [-0.2, 0) is 9.47 Å². The molecule has 1 aromatic heterocycles. The van der Waals surface area contributed by atoms with Gasteiger partial charge in [0.1, 0.15) is 17.5 Å². The summed E-state index contributed by atoms with van der Waals surface area (Å²) in [5, 5.41) is 15.1. The number of ether oxygens (including phenoxy) is 3. The maximum absolute atomic E-state index is 13.3. The number of aromatic nitrogens is 2. The Hall–Kier alpha value is -2.47. The standard InChI is InChI=1S/C20H17BrFN3O3/c1-26-20(27-2)7-8-28-19-15(16(20)10-23)9-12-11-24-25(18(12)17(19)21)14-5-3-13(22)4-6-14/h3-6,9,11,16H,7-8H2,1-2H3. The van der Waals surface area contributed by atoms with Gasteiger partial charge in [0, 0.05) is 31.6 Å². The minimum Gasteiger partial charge on any atom is -0.492 e. The second-order valence-electron chi connectivity index (χ2n) is 6.46. The summed E-state index contributed by atoms with van der Waals surface area (Å²) in [5.41, 5.74) is 2.15. The third-order valence-corrected chi connectivity index (χ3v) is 5.85. The molecule has 0 saturated heterocycles. The van der Waals surface area contributed by atoms with Crippen LogP contribution in [0.1, 0.15) is 17.9 Å². The Morgan fingerprint density at radius 3 is 2.68 bits per heavy atom. The molecular weight excluding hydrogens is 429 g/mol. The molecule has 3 aromatic rings. The van der Waals surface area contributed by atoms with E-state index in [1.165, 1.54) is 26.4 Å². The van der Waals surface area contributed by atoms with E-state index in [1.54, 1.807) is 23.0 Å². The van der Waals surface area contributed by atoms with Crippen LogP contribution in [0, 0.1) is 17.1 Å². The molecule has 8 heteroatoms. The van der Waals surface area contributed by atoms with E-state index < -0.39 is 11.7 Å². The number of methoxy groups -OCH3 is 2. The minimum absolute atomic E-state index is 0.316. The van der Waals surface area contributed by atoms with Gasteiger partial charge < -0.3 is 14.2 Å². The summed E-state index contributed by atoms with van der Waals surface area (Å²) in [6, 6.07) is 10.2. The van der Waals surface area contributed by atoms with Crippen LogP contribution in [0.5, 0.6) is 5.75 Å². The summed E-state index contributed by atoms with van der Waals surface area (Å²) in [6.45, 7) is 0.321. The van der Waals surface area contributed by atoms with Crippen LogP contribution in [0.15, 0.2) is 41.0 Å². The van der Waals surface area contributed by atoms with E-state index in [1.807, 2.05) is 6.07 Å². The van der Waals surface area contributed by atoms with Gasteiger partial charge in [0.15, 0.2) is 5.79 Å². The van der Waals surface area contributed by atoms with Gasteiger partial charge in [-0.1, -0.05) is 0 Å². The summed E-state index contributed by atoms with van der Waals surface area (Å²) >= 11 is 3.63. The van der Waals surface area contributed by atoms with Crippen molar-refractivity contribution in [3.8, 4) is 17.5 Å². The van der Waals surface area contributed by atoms with Gasteiger partial charge in [0.05, 0.1) is 34.5 Å². The van der Waals surface area contributed by atoms with Crippen molar-refractivity contribution in [1.29, 1.82) is 5.26 Å². The van der Waals surface area contributed by atoms with E-state index in [4.69, 9.17) is 14.2 Å². The second-order valence-corrected chi connectivity index (χ2v) is 7.25. The van der Waals surface area contributed by atoms with E-state index >= 15 is 0 Å². The molecule has 1 aliphatic rings. The van der Waals surface area contributed by atoms with Crippen molar-refractivity contribution in [2.45, 2.75) is 18.1 Å². The molecule has 0 aliphatic carbocycles. The molecule has 0 bridgehead atoms. The van der Waals surface area contributed by atoms with Crippen molar-refractivity contribution < 1.29 is 18.6 Å². The Morgan fingerprint density at radius 1 is 1.32 bits per heavy atom. The highest BCUT2D eigenvalue weighted by Gasteiger charge is 2.45. The monoisotopic (exact) mass is 445 g/mol. The SMILES string of the molecule is COC1(OC)CCOc2c(cc3cnn(-c4ccc(F)cc4)c3c2Br)C1C#N. The summed E-state index contributed by atoms with van der Waals surface area (Å²) < 4.78 is 32.9. The molecule has 1 unspecified atom stereocenters. The lowest BCUT2D eigenvalue weighted by molar-refractivity contribution is -0.217. The van der Waals surface area contributed by atoms with E-state index in [9.17, 15) is 9.65 Å². The number of fused-ring (bicyclic) bond motifs is 2. The zero-order valence-electron chi connectivity index (χ0n) is 15.3. The molecule has 28 heavy (non-hydrogen) atoms. The second kappa shape index (κ2) is 7.17. The molecule has 2 aromatic carbocycles. The predicted molar refractivity (Wildman–Crippen MR) is 104 cm³/mol. The summed E-state index contributed by atoms with van der Waals surface area (Å²) in [7, 11) is 3.05. The highest BCUT2D eigenvalue weighted by Crippen LogP contribution is 2.47. The number of nitriles is 1. The highest BCUT2D eigenvalue weighted by atomic mass is 79.9. The number of benzene rings is 2. The first-order valence-corrected chi connectivity index (χ1v) is 9.42. The number of rotatable bonds is 3. The summed E-state index contributed by atoms with van der Waals surface area (Å²) in [4.78, 5) is 0. The van der Waals surface area contributed by atoms with Crippen molar-refractivity contribution in [2.24, 2.45) is 0 Å². The topological polar surface area (TPSA) is 69.3 Å². The van der Waals surface area contributed by atoms with Crippen LogP contribution in [0.25, 0.3) is 16.6 Å². The van der Waals surface area contributed by atoms with Crippen molar-refractivity contribution in [2.75, 3.05) is 20.8 Å². The van der Waals surface area contributed by atoms with Gasteiger partial charge in [0.2, 0.25) is 0 Å². The Balaban J connectivity index is 1.95. The fraction of sp³-hybridized carbons (Fsp3) is 0.300. The lowest BCUT2D eigenvalue weighted by Crippen LogP contribution is -2.40. The first-order chi connectivity index (χ1) is 13.5. The van der Waals surface area contributed by atoms with Crippen molar-refractivity contribution in [1.82, 2.24) is 9.78 Å². The molecule has 0 saturated carbocycles. The summed E-state index contributed by atoms with van der Waals surface area (Å²) in [6.07, 6.45) is 2.10. The van der Waals surface area contributed by atoms with Gasteiger partial charge in [-0.2, -0.15) is 10.4 Å². The van der Waals surface area contributed by atoms with Crippen LogP contribution in [0.4, 0.5) is 4.39 Å². The smallest absolute Gasteiger partial charge is 0.190 e. The van der Waals surface area contributed by atoms with Gasteiger partial charge in [-0.05, 0) is 46.3 Å². The molecule has 1 atom stereocenters. The maximum Gasteiger partial charge on any atom is 0.190 e. The normalized spacial score (nSPS) is 18.2. The van der Waals surface area contributed by atoms with E-state index in [2.05, 4.69) is 27.1 Å². The lowest BCUT2D eigenvalue weighted by atomic mass is 9.89. The Morgan fingerprint density at radius 2 is 2.04 bits per heavy atom. The maximum atomic E-state index is 13.3. The van der Waals surface area contributed by atoms with Crippen molar-refractivity contribution in [3.05, 3.63) is 52.4 Å². The molecular formula is C20H17BrFN3O3. The van der Waals surface area contributed by atoms with Crippen molar-refractivity contribution in [3.63, 3.8) is 0 Å². The first kappa shape index (κ1) is 18.9. The number of hydrogen-bond acceptors (Lipinski definition) is 5. The minimum atomic E-state index is -1.10. The average Bonchev–Trinajstić information content (AvgIpc) is 3.06. The zero-order valence-corrected chi connectivity index (χ0v) is 16.9. The third-order valence-electron chi connectivity index (χ3n) is 5.12. The third kappa shape index (κ3) is 2.78. The molecule has 144 valence electrons. The fourth-order valence-corrected chi connectivity index (χ4v) is 4.40. The molecule has 4 rings (SSSR count). The van der Waals surface area contributed by atoms with Crippen LogP contribution < -0.4 is 4.74 Å². The Labute approximate surface area is 169 Å². The average molecular weight is 446 g/mol. The number of nitrogens with zero attached hydrogens (tertiary/aromatic N) is 3. The Bertz CT molecular complexity index is 1070. The lowest BCUT2D eigenvalue weighted by Gasteiger charge is -2.33. The predicted octanol–water partition coefficient (Wildman–Crippen LogP) is 4.31. The van der Waals surface area contributed by atoms with Gasteiger partial charge >= 0.3 is 0 Å². The quantitative estimate of drug-likeness (QED) is 0.561. The number of halogens is 2. The summed E-state index contributed by atoms with van der Waals surface area (Å²) in [5.74, 6) is -1.54. The first-order valence-electron chi connectivity index (χ1n) is 8.63. The molecule has 6 nitrogen and oxygen atoms in total. The molecule has 1 aliphatic heterocycles. The molecule has 0 amide bonds. The number of hydrogen-bond donors (Lipinski definition) is 0. The highest BCUT2D eigenvalue weighted by molar-refractivity contribution is 9.10. The largest absolute Gasteiger partial charge is 0.492 e. The molecule has 0 radical (unpaired) electrons. The van der Waals surface area contributed by atoms with Crippen LogP contribution in [0.3, 0.4) is 0 Å². The zero-order chi connectivity index (χ0) is 19.9. The van der Waals surface area contributed by atoms with Gasteiger partial charge in [0.25, 0.3) is 0 Å².